The molecular formula is C11H12F2O3. The van der Waals surface area contributed by atoms with Crippen LogP contribution < -0.4 is 4.74 Å². The lowest BCUT2D eigenvalue weighted by molar-refractivity contribution is -0.138. The van der Waals surface area contributed by atoms with Gasteiger partial charge in [0.15, 0.2) is 11.6 Å². The van der Waals surface area contributed by atoms with E-state index in [9.17, 15) is 13.6 Å². The minimum atomic E-state index is -0.983. The molecule has 5 heteroatoms. The Morgan fingerprint density at radius 2 is 2.12 bits per heavy atom. The van der Waals surface area contributed by atoms with Crippen LogP contribution in [0.3, 0.4) is 0 Å². The molecule has 0 bridgehead atoms. The van der Waals surface area contributed by atoms with Gasteiger partial charge in [-0.1, -0.05) is 6.92 Å². The molecule has 1 aromatic rings. The highest BCUT2D eigenvalue weighted by Gasteiger charge is 2.09. The van der Waals surface area contributed by atoms with Crippen molar-refractivity contribution in [2.75, 3.05) is 6.61 Å². The molecule has 0 aliphatic carbocycles. The van der Waals surface area contributed by atoms with Crippen molar-refractivity contribution in [3.63, 3.8) is 0 Å². The topological polar surface area (TPSA) is 46.5 Å². The second kappa shape index (κ2) is 5.44. The third kappa shape index (κ3) is 3.84. The molecule has 16 heavy (non-hydrogen) atoms. The van der Waals surface area contributed by atoms with Crippen LogP contribution in [0.15, 0.2) is 18.2 Å². The van der Waals surface area contributed by atoms with Gasteiger partial charge in [-0.25, -0.2) is 8.78 Å². The SMILES string of the molecule is CC(COc1ccc(F)c(F)c1)CC(=O)O. The first-order valence-electron chi connectivity index (χ1n) is 4.78. The zero-order valence-electron chi connectivity index (χ0n) is 8.74. The summed E-state index contributed by atoms with van der Waals surface area (Å²) in [5, 5.41) is 8.50. The molecule has 1 unspecified atom stereocenters. The van der Waals surface area contributed by atoms with Crippen molar-refractivity contribution in [2.45, 2.75) is 13.3 Å². The number of hydrogen-bond donors (Lipinski definition) is 1. The fourth-order valence-corrected chi connectivity index (χ4v) is 1.16. The van der Waals surface area contributed by atoms with Crippen molar-refractivity contribution < 1.29 is 23.4 Å². The van der Waals surface area contributed by atoms with E-state index in [1.54, 1.807) is 6.92 Å². The molecule has 1 atom stereocenters. The molecule has 0 spiro atoms. The standard InChI is InChI=1S/C11H12F2O3/c1-7(4-11(14)15)6-16-8-2-3-9(12)10(13)5-8/h2-3,5,7H,4,6H2,1H3,(H,14,15). The molecule has 0 saturated heterocycles. The van der Waals surface area contributed by atoms with Crippen LogP contribution in [0.4, 0.5) is 8.78 Å². The summed E-state index contributed by atoms with van der Waals surface area (Å²) >= 11 is 0. The van der Waals surface area contributed by atoms with Gasteiger partial charge < -0.3 is 9.84 Å². The van der Waals surface area contributed by atoms with E-state index in [-0.39, 0.29) is 24.7 Å². The van der Waals surface area contributed by atoms with Crippen molar-refractivity contribution in [1.29, 1.82) is 0 Å². The van der Waals surface area contributed by atoms with Gasteiger partial charge in [-0.3, -0.25) is 4.79 Å². The number of aliphatic carboxylic acids is 1. The molecule has 0 aliphatic heterocycles. The maximum atomic E-state index is 12.8. The Morgan fingerprint density at radius 1 is 1.44 bits per heavy atom. The fraction of sp³-hybridized carbons (Fsp3) is 0.364. The number of carbonyl (C=O) groups is 1. The predicted octanol–water partition coefficient (Wildman–Crippen LogP) is 2.45. The van der Waals surface area contributed by atoms with Gasteiger partial charge in [-0.15, -0.1) is 0 Å². The zero-order chi connectivity index (χ0) is 12.1. The van der Waals surface area contributed by atoms with E-state index < -0.39 is 17.6 Å². The van der Waals surface area contributed by atoms with Gasteiger partial charge in [0, 0.05) is 12.0 Å². The van der Waals surface area contributed by atoms with Gasteiger partial charge in [0.1, 0.15) is 5.75 Å². The smallest absolute Gasteiger partial charge is 0.303 e. The second-order valence-electron chi connectivity index (χ2n) is 3.59. The average molecular weight is 230 g/mol. The first-order valence-corrected chi connectivity index (χ1v) is 4.78. The van der Waals surface area contributed by atoms with Crippen LogP contribution in [0.25, 0.3) is 0 Å². The lowest BCUT2D eigenvalue weighted by Crippen LogP contribution is -2.13. The average Bonchev–Trinajstić information content (AvgIpc) is 2.19. The maximum Gasteiger partial charge on any atom is 0.303 e. The minimum Gasteiger partial charge on any atom is -0.493 e. The van der Waals surface area contributed by atoms with Crippen LogP contribution >= 0.6 is 0 Å². The maximum absolute atomic E-state index is 12.8. The van der Waals surface area contributed by atoms with E-state index in [0.717, 1.165) is 12.1 Å². The Morgan fingerprint density at radius 3 is 2.69 bits per heavy atom. The fourth-order valence-electron chi connectivity index (χ4n) is 1.16. The van der Waals surface area contributed by atoms with Crippen LogP contribution in [0.1, 0.15) is 13.3 Å². The van der Waals surface area contributed by atoms with E-state index in [1.165, 1.54) is 6.07 Å². The Hall–Kier alpha value is -1.65. The largest absolute Gasteiger partial charge is 0.493 e. The molecule has 0 radical (unpaired) electrons. The molecular weight excluding hydrogens is 218 g/mol. The summed E-state index contributed by atoms with van der Waals surface area (Å²) in [7, 11) is 0. The highest BCUT2D eigenvalue weighted by atomic mass is 19.2. The molecule has 0 aliphatic rings. The first-order chi connectivity index (χ1) is 7.49. The number of carboxylic acids is 1. The Kier molecular flexibility index (Phi) is 4.22. The van der Waals surface area contributed by atoms with E-state index >= 15 is 0 Å². The third-order valence-corrected chi connectivity index (χ3v) is 1.95. The molecule has 3 nitrogen and oxygen atoms in total. The molecule has 88 valence electrons. The molecule has 0 fully saturated rings. The Bertz CT molecular complexity index is 379. The van der Waals surface area contributed by atoms with Gasteiger partial charge in [0.25, 0.3) is 0 Å². The number of carboxylic acid groups (broad SMARTS) is 1. The van der Waals surface area contributed by atoms with Gasteiger partial charge in [-0.2, -0.15) is 0 Å². The summed E-state index contributed by atoms with van der Waals surface area (Å²) < 4.78 is 30.5. The molecule has 1 N–H and O–H groups in total. The van der Waals surface area contributed by atoms with E-state index in [0.29, 0.717) is 0 Å². The summed E-state index contributed by atoms with van der Waals surface area (Å²) in [6.45, 7) is 1.85. The van der Waals surface area contributed by atoms with Crippen LogP contribution in [0.2, 0.25) is 0 Å². The van der Waals surface area contributed by atoms with Gasteiger partial charge in [-0.05, 0) is 12.1 Å². The second-order valence-corrected chi connectivity index (χ2v) is 3.59. The van der Waals surface area contributed by atoms with Crippen molar-refractivity contribution in [3.8, 4) is 5.75 Å². The number of hydrogen-bond acceptors (Lipinski definition) is 2. The molecule has 0 heterocycles. The van der Waals surface area contributed by atoms with Crippen LogP contribution in [-0.2, 0) is 4.79 Å². The number of halogens is 2. The molecule has 0 aromatic heterocycles. The van der Waals surface area contributed by atoms with Crippen LogP contribution in [-0.4, -0.2) is 17.7 Å². The molecule has 1 aromatic carbocycles. The highest BCUT2D eigenvalue weighted by Crippen LogP contribution is 2.16. The van der Waals surface area contributed by atoms with E-state index in [4.69, 9.17) is 9.84 Å². The van der Waals surface area contributed by atoms with E-state index in [2.05, 4.69) is 0 Å². The molecule has 0 amide bonds. The van der Waals surface area contributed by atoms with E-state index in [1.807, 2.05) is 0 Å². The normalized spacial score (nSPS) is 12.2. The predicted molar refractivity (Wildman–Crippen MR) is 53.3 cm³/mol. The monoisotopic (exact) mass is 230 g/mol. The van der Waals surface area contributed by atoms with Gasteiger partial charge in [0.2, 0.25) is 0 Å². The number of benzene rings is 1. The minimum absolute atomic E-state index is 0.0241. The lowest BCUT2D eigenvalue weighted by Gasteiger charge is -2.10. The van der Waals surface area contributed by atoms with Crippen molar-refractivity contribution in [2.24, 2.45) is 5.92 Å². The third-order valence-electron chi connectivity index (χ3n) is 1.95. The summed E-state index contributed by atoms with van der Waals surface area (Å²) in [6, 6.07) is 3.20. The lowest BCUT2D eigenvalue weighted by atomic mass is 10.1. The highest BCUT2D eigenvalue weighted by molar-refractivity contribution is 5.66. The number of ether oxygens (including phenoxy) is 1. The van der Waals surface area contributed by atoms with Crippen molar-refractivity contribution >= 4 is 5.97 Å². The summed E-state index contributed by atoms with van der Waals surface area (Å²) in [4.78, 5) is 10.4. The van der Waals surface area contributed by atoms with Gasteiger partial charge in [0.05, 0.1) is 13.0 Å². The molecule has 0 saturated carbocycles. The quantitative estimate of drug-likeness (QED) is 0.845. The van der Waals surface area contributed by atoms with Crippen molar-refractivity contribution in [3.05, 3.63) is 29.8 Å². The van der Waals surface area contributed by atoms with Gasteiger partial charge >= 0.3 is 5.97 Å². The van der Waals surface area contributed by atoms with Crippen molar-refractivity contribution in [1.82, 2.24) is 0 Å². The summed E-state index contributed by atoms with van der Waals surface area (Å²) in [5.74, 6) is -2.84. The number of rotatable bonds is 5. The molecule has 1 rings (SSSR count). The van der Waals surface area contributed by atoms with Crippen LogP contribution in [0.5, 0.6) is 5.75 Å². The first kappa shape index (κ1) is 12.4. The summed E-state index contributed by atoms with van der Waals surface area (Å²) in [6.07, 6.45) is -0.0241. The Labute approximate surface area is 91.7 Å². The Balaban J connectivity index is 2.48. The van der Waals surface area contributed by atoms with Crippen LogP contribution in [0, 0.1) is 17.6 Å². The summed E-state index contributed by atoms with van der Waals surface area (Å²) in [5.41, 5.74) is 0. The zero-order valence-corrected chi connectivity index (χ0v) is 8.74.